The van der Waals surface area contributed by atoms with Gasteiger partial charge in [-0.3, -0.25) is 10.2 Å². The number of aliphatic imine (C=N–C) groups is 1. The quantitative estimate of drug-likeness (QED) is 0.183. The van der Waals surface area contributed by atoms with E-state index in [0.29, 0.717) is 43.9 Å². The van der Waals surface area contributed by atoms with Crippen molar-refractivity contribution in [2.45, 2.75) is 62.3 Å². The molecule has 216 valence electrons. The van der Waals surface area contributed by atoms with Crippen LogP contribution in [0.25, 0.3) is 0 Å². The van der Waals surface area contributed by atoms with Gasteiger partial charge in [-0.05, 0) is 73.2 Å². The van der Waals surface area contributed by atoms with Gasteiger partial charge in [0.15, 0.2) is 11.6 Å². The van der Waals surface area contributed by atoms with E-state index in [1.54, 1.807) is 0 Å². The highest BCUT2D eigenvalue weighted by Crippen LogP contribution is 2.42. The van der Waals surface area contributed by atoms with Gasteiger partial charge in [-0.15, -0.1) is 0 Å². The maximum Gasteiger partial charge on any atom is 0.266 e. The molecule has 8 nitrogen and oxygen atoms in total. The lowest BCUT2D eigenvalue weighted by atomic mass is 9.82. The number of amides is 1. The molecule has 1 amide bonds. The third-order valence-corrected chi connectivity index (χ3v) is 8.13. The van der Waals surface area contributed by atoms with Gasteiger partial charge in [-0.1, -0.05) is 58.4 Å². The van der Waals surface area contributed by atoms with Crippen LogP contribution in [0.5, 0.6) is 5.75 Å². The number of nitrogens with zero attached hydrogens (tertiary/aromatic N) is 1. The van der Waals surface area contributed by atoms with Crippen molar-refractivity contribution in [3.8, 4) is 5.75 Å². The van der Waals surface area contributed by atoms with Crippen molar-refractivity contribution >= 4 is 27.7 Å². The number of hydrazine groups is 1. The molecule has 1 saturated carbocycles. The lowest BCUT2D eigenvalue weighted by Crippen LogP contribution is -2.56. The third-order valence-electron chi connectivity index (χ3n) is 7.61. The van der Waals surface area contributed by atoms with Gasteiger partial charge in [-0.25, -0.2) is 10.4 Å². The van der Waals surface area contributed by atoms with E-state index >= 15 is 0 Å². The number of halogens is 1. The summed E-state index contributed by atoms with van der Waals surface area (Å²) in [6.45, 7) is 0.497. The Morgan fingerprint density at radius 2 is 1.71 bits per heavy atom. The van der Waals surface area contributed by atoms with Gasteiger partial charge in [0.05, 0.1) is 12.7 Å². The first-order chi connectivity index (χ1) is 20.0. The molecule has 0 spiro atoms. The van der Waals surface area contributed by atoms with Gasteiger partial charge in [-0.2, -0.15) is 0 Å². The van der Waals surface area contributed by atoms with Crippen LogP contribution in [0.2, 0.25) is 0 Å². The summed E-state index contributed by atoms with van der Waals surface area (Å²) in [5.74, 6) is 0.786. The second-order valence-electron chi connectivity index (χ2n) is 10.6. The van der Waals surface area contributed by atoms with Crippen molar-refractivity contribution in [1.29, 1.82) is 0 Å². The van der Waals surface area contributed by atoms with Crippen molar-refractivity contribution in [3.63, 3.8) is 0 Å². The molecule has 0 bridgehead atoms. The van der Waals surface area contributed by atoms with Crippen molar-refractivity contribution in [2.75, 3.05) is 13.2 Å². The molecule has 1 aliphatic carbocycles. The molecule has 1 heterocycles. The number of aliphatic hydroxyl groups excluding tert-OH is 2. The fourth-order valence-corrected chi connectivity index (χ4v) is 5.58. The summed E-state index contributed by atoms with van der Waals surface area (Å²) in [5.41, 5.74) is 7.45. The average molecular weight is 623 g/mol. The van der Waals surface area contributed by atoms with Gasteiger partial charge in [0.1, 0.15) is 5.75 Å². The number of ether oxygens (including phenoxy) is 2. The van der Waals surface area contributed by atoms with Gasteiger partial charge in [0.2, 0.25) is 5.90 Å². The number of benzene rings is 3. The fraction of sp³-hybridized carbons (Fsp3) is 0.375. The predicted molar refractivity (Wildman–Crippen MR) is 161 cm³/mol. The Balaban J connectivity index is 1.49. The molecule has 9 heteroatoms. The van der Waals surface area contributed by atoms with Gasteiger partial charge < -0.3 is 19.7 Å². The molecule has 0 aromatic heterocycles. The van der Waals surface area contributed by atoms with Crippen LogP contribution in [0.1, 0.15) is 54.9 Å². The van der Waals surface area contributed by atoms with E-state index in [1.165, 1.54) is 0 Å². The van der Waals surface area contributed by atoms with Gasteiger partial charge >= 0.3 is 0 Å². The summed E-state index contributed by atoms with van der Waals surface area (Å²) in [6, 6.07) is 25.1. The molecule has 41 heavy (non-hydrogen) atoms. The zero-order valence-electron chi connectivity index (χ0n) is 22.8. The molecule has 2 atom stereocenters. The molecule has 2 aliphatic rings. The SMILES string of the molecule is O=C(NNC1CCC(O)CC1)[C@@]1(Cc2ccc(Br)cc2)N=C(c2ccc(OCCCO)cc2)O[C@H]1c1ccccc1. The molecule has 0 saturated heterocycles. The molecule has 0 unspecified atom stereocenters. The van der Waals surface area contributed by atoms with Crippen LogP contribution in [-0.4, -0.2) is 52.9 Å². The lowest BCUT2D eigenvalue weighted by molar-refractivity contribution is -0.130. The van der Waals surface area contributed by atoms with Crippen LogP contribution in [-0.2, 0) is 16.0 Å². The number of nitrogens with one attached hydrogen (secondary N) is 2. The second kappa shape index (κ2) is 13.6. The van der Waals surface area contributed by atoms with Gasteiger partial charge in [0, 0.05) is 35.5 Å². The van der Waals surface area contributed by atoms with E-state index in [-0.39, 0.29) is 24.7 Å². The number of hydrogen-bond acceptors (Lipinski definition) is 7. The number of rotatable bonds is 11. The van der Waals surface area contributed by atoms with Crippen molar-refractivity contribution in [1.82, 2.24) is 10.9 Å². The highest BCUT2D eigenvalue weighted by atomic mass is 79.9. The van der Waals surface area contributed by atoms with Crippen LogP contribution in [0.3, 0.4) is 0 Å². The second-order valence-corrected chi connectivity index (χ2v) is 11.5. The number of carbonyl (C=O) groups is 1. The maximum atomic E-state index is 14.2. The standard InChI is InChI=1S/C32H36BrN3O5/c33-25-11-7-22(8-12-25)21-32(31(39)36-35-26-13-15-27(38)16-14-26)29(23-5-2-1-3-6-23)41-30(34-32)24-9-17-28(18-10-24)40-20-4-19-37/h1-3,5-12,17-18,26-27,29,35,37-38H,4,13-16,19-21H2,(H,36,39)/t26?,27?,29-,32-/m0/s1. The third kappa shape index (κ3) is 7.16. The van der Waals surface area contributed by atoms with Crippen LogP contribution in [0, 0.1) is 0 Å². The molecular formula is C32H36BrN3O5. The van der Waals surface area contributed by atoms with Crippen molar-refractivity contribution in [3.05, 3.63) is 100 Å². The molecule has 4 N–H and O–H groups in total. The zero-order valence-corrected chi connectivity index (χ0v) is 24.4. The topological polar surface area (TPSA) is 112 Å². The highest BCUT2D eigenvalue weighted by molar-refractivity contribution is 9.10. The Morgan fingerprint density at radius 3 is 2.39 bits per heavy atom. The largest absolute Gasteiger partial charge is 0.494 e. The first kappa shape index (κ1) is 29.3. The van der Waals surface area contributed by atoms with E-state index in [9.17, 15) is 9.90 Å². The summed E-state index contributed by atoms with van der Waals surface area (Å²) < 4.78 is 13.2. The summed E-state index contributed by atoms with van der Waals surface area (Å²) in [4.78, 5) is 19.3. The van der Waals surface area contributed by atoms with Crippen LogP contribution in [0.4, 0.5) is 0 Å². The predicted octanol–water partition coefficient (Wildman–Crippen LogP) is 4.63. The Kier molecular flexibility index (Phi) is 9.72. The van der Waals surface area contributed by atoms with Crippen molar-refractivity contribution < 1.29 is 24.5 Å². The Labute approximate surface area is 248 Å². The van der Waals surface area contributed by atoms with E-state index in [1.807, 2.05) is 78.9 Å². The monoisotopic (exact) mass is 621 g/mol. The summed E-state index contributed by atoms with van der Waals surface area (Å²) in [5, 5.41) is 18.9. The first-order valence-corrected chi connectivity index (χ1v) is 14.9. The Morgan fingerprint density at radius 1 is 1.00 bits per heavy atom. The summed E-state index contributed by atoms with van der Waals surface area (Å²) in [6.07, 6.45) is 2.89. The fourth-order valence-electron chi connectivity index (χ4n) is 5.32. The number of carbonyl (C=O) groups excluding carboxylic acids is 1. The van der Waals surface area contributed by atoms with Gasteiger partial charge in [0.25, 0.3) is 5.91 Å². The normalized spacial score (nSPS) is 23.9. The minimum atomic E-state index is -1.29. The zero-order chi connectivity index (χ0) is 28.7. The maximum absolute atomic E-state index is 14.2. The summed E-state index contributed by atoms with van der Waals surface area (Å²) in [7, 11) is 0. The smallest absolute Gasteiger partial charge is 0.266 e. The lowest BCUT2D eigenvalue weighted by Gasteiger charge is -2.32. The van der Waals surface area contributed by atoms with Crippen LogP contribution >= 0.6 is 15.9 Å². The van der Waals surface area contributed by atoms with E-state index in [0.717, 1.165) is 34.0 Å². The Bertz CT molecular complexity index is 1310. The number of aliphatic hydroxyl groups is 2. The van der Waals surface area contributed by atoms with Crippen molar-refractivity contribution in [2.24, 2.45) is 4.99 Å². The molecule has 3 aromatic rings. The highest BCUT2D eigenvalue weighted by Gasteiger charge is 2.53. The Hall–Kier alpha value is -3.24. The minimum Gasteiger partial charge on any atom is -0.494 e. The van der Waals surface area contributed by atoms with Crippen LogP contribution in [0.15, 0.2) is 88.3 Å². The molecule has 5 rings (SSSR count). The molecular weight excluding hydrogens is 586 g/mol. The summed E-state index contributed by atoms with van der Waals surface area (Å²) >= 11 is 3.51. The average Bonchev–Trinajstić information content (AvgIpc) is 3.39. The molecule has 1 aliphatic heterocycles. The first-order valence-electron chi connectivity index (χ1n) is 14.1. The minimum absolute atomic E-state index is 0.0731. The number of hydrogen-bond donors (Lipinski definition) is 4. The van der Waals surface area contributed by atoms with E-state index in [4.69, 9.17) is 19.6 Å². The molecule has 1 fully saturated rings. The van der Waals surface area contributed by atoms with Crippen LogP contribution < -0.4 is 15.6 Å². The van der Waals surface area contributed by atoms with E-state index in [2.05, 4.69) is 26.8 Å². The molecule has 0 radical (unpaired) electrons. The molecule has 3 aromatic carbocycles. The van der Waals surface area contributed by atoms with E-state index < -0.39 is 11.6 Å².